The first-order chi connectivity index (χ1) is 9.63. The van der Waals surface area contributed by atoms with E-state index in [0.717, 1.165) is 22.6 Å². The number of benzene rings is 2. The highest BCUT2D eigenvalue weighted by Crippen LogP contribution is 2.28. The van der Waals surface area contributed by atoms with Crippen LogP contribution in [0.4, 0.5) is 0 Å². The summed E-state index contributed by atoms with van der Waals surface area (Å²) in [7, 11) is 3.24. The molecule has 2 aromatic carbocycles. The molecule has 0 heterocycles. The summed E-state index contributed by atoms with van der Waals surface area (Å²) in [6, 6.07) is 11.1. The Bertz CT molecular complexity index is 594. The minimum atomic E-state index is 0.614. The molecular formula is C16H14Cl2O2. The highest BCUT2D eigenvalue weighted by molar-refractivity contribution is 6.37. The second-order valence-electron chi connectivity index (χ2n) is 4.11. The largest absolute Gasteiger partial charge is 0.497 e. The van der Waals surface area contributed by atoms with E-state index in [2.05, 4.69) is 0 Å². The molecule has 0 aliphatic carbocycles. The minimum absolute atomic E-state index is 0.614. The van der Waals surface area contributed by atoms with Crippen LogP contribution >= 0.6 is 23.2 Å². The van der Waals surface area contributed by atoms with Gasteiger partial charge in [0, 0.05) is 21.7 Å². The first kappa shape index (κ1) is 14.8. The average molecular weight is 309 g/mol. The fourth-order valence-corrected chi connectivity index (χ4v) is 2.30. The van der Waals surface area contributed by atoms with Crippen LogP contribution in [0.5, 0.6) is 11.5 Å². The molecule has 0 saturated heterocycles. The van der Waals surface area contributed by atoms with Gasteiger partial charge in [-0.05, 0) is 29.8 Å². The topological polar surface area (TPSA) is 18.5 Å². The Labute approximate surface area is 128 Å². The fraction of sp³-hybridized carbons (Fsp3) is 0.125. The molecule has 0 aromatic heterocycles. The number of hydrogen-bond donors (Lipinski definition) is 0. The predicted molar refractivity (Wildman–Crippen MR) is 84.9 cm³/mol. The highest BCUT2D eigenvalue weighted by atomic mass is 35.5. The van der Waals surface area contributed by atoms with Gasteiger partial charge >= 0.3 is 0 Å². The molecule has 4 heteroatoms. The summed E-state index contributed by atoms with van der Waals surface area (Å²) in [6.45, 7) is 0. The van der Waals surface area contributed by atoms with Gasteiger partial charge in [0.2, 0.25) is 0 Å². The molecule has 0 aliphatic rings. The van der Waals surface area contributed by atoms with E-state index in [9.17, 15) is 0 Å². The van der Waals surface area contributed by atoms with Gasteiger partial charge < -0.3 is 9.47 Å². The number of hydrogen-bond acceptors (Lipinski definition) is 2. The molecule has 104 valence electrons. The maximum atomic E-state index is 6.13. The zero-order valence-corrected chi connectivity index (χ0v) is 12.7. The summed E-state index contributed by atoms with van der Waals surface area (Å²) in [5.41, 5.74) is 1.73. The van der Waals surface area contributed by atoms with Crippen LogP contribution in [-0.2, 0) is 0 Å². The fourth-order valence-electron chi connectivity index (χ4n) is 1.78. The Balaban J connectivity index is 2.36. The second-order valence-corrected chi connectivity index (χ2v) is 4.93. The van der Waals surface area contributed by atoms with Crippen LogP contribution in [0.1, 0.15) is 11.1 Å². The quantitative estimate of drug-likeness (QED) is 0.724. The standard InChI is InChI=1S/C16H14Cl2O2/c1-19-12-8-11(9-13(10-12)20-2)6-7-14-15(17)4-3-5-16(14)18/h3-10H,1-2H3/b7-6+. The van der Waals surface area contributed by atoms with E-state index in [-0.39, 0.29) is 0 Å². The minimum Gasteiger partial charge on any atom is -0.497 e. The van der Waals surface area contributed by atoms with Crippen molar-refractivity contribution in [1.29, 1.82) is 0 Å². The van der Waals surface area contributed by atoms with Crippen molar-refractivity contribution < 1.29 is 9.47 Å². The van der Waals surface area contributed by atoms with Crippen LogP contribution in [0, 0.1) is 0 Å². The molecule has 0 unspecified atom stereocenters. The molecule has 0 atom stereocenters. The summed E-state index contributed by atoms with van der Waals surface area (Å²) < 4.78 is 10.5. The van der Waals surface area contributed by atoms with Crippen molar-refractivity contribution in [3.8, 4) is 11.5 Å². The van der Waals surface area contributed by atoms with Gasteiger partial charge in [-0.1, -0.05) is 41.4 Å². The lowest BCUT2D eigenvalue weighted by Crippen LogP contribution is -1.88. The van der Waals surface area contributed by atoms with Crippen molar-refractivity contribution in [3.05, 3.63) is 57.6 Å². The number of methoxy groups -OCH3 is 2. The third-order valence-electron chi connectivity index (χ3n) is 2.82. The molecule has 2 nitrogen and oxygen atoms in total. The average Bonchev–Trinajstić information content (AvgIpc) is 2.46. The zero-order valence-electron chi connectivity index (χ0n) is 11.2. The summed E-state index contributed by atoms with van der Waals surface area (Å²) in [5.74, 6) is 1.46. The third-order valence-corrected chi connectivity index (χ3v) is 3.48. The molecule has 2 aromatic rings. The molecule has 0 N–H and O–H groups in total. The molecule has 0 fully saturated rings. The molecule has 0 bridgehead atoms. The van der Waals surface area contributed by atoms with Crippen molar-refractivity contribution >= 4 is 35.4 Å². The van der Waals surface area contributed by atoms with E-state index in [0.29, 0.717) is 10.0 Å². The molecule has 0 spiro atoms. The van der Waals surface area contributed by atoms with Gasteiger partial charge in [0.1, 0.15) is 11.5 Å². The van der Waals surface area contributed by atoms with E-state index in [1.165, 1.54) is 0 Å². The van der Waals surface area contributed by atoms with Crippen LogP contribution in [0.25, 0.3) is 12.2 Å². The smallest absolute Gasteiger partial charge is 0.123 e. The Morgan fingerprint density at radius 1 is 0.850 bits per heavy atom. The van der Waals surface area contributed by atoms with Gasteiger partial charge in [-0.25, -0.2) is 0 Å². The number of halogens is 2. The van der Waals surface area contributed by atoms with Crippen molar-refractivity contribution in [2.45, 2.75) is 0 Å². The normalized spacial score (nSPS) is 10.8. The molecule has 2 rings (SSSR count). The lowest BCUT2D eigenvalue weighted by atomic mass is 10.1. The third kappa shape index (κ3) is 3.47. The SMILES string of the molecule is COc1cc(/C=C/c2c(Cl)cccc2Cl)cc(OC)c1. The Hall–Kier alpha value is -1.64. The van der Waals surface area contributed by atoms with Gasteiger partial charge in [0.25, 0.3) is 0 Å². The van der Waals surface area contributed by atoms with Crippen LogP contribution in [0.2, 0.25) is 10.0 Å². The van der Waals surface area contributed by atoms with Gasteiger partial charge in [-0.2, -0.15) is 0 Å². The molecule has 0 saturated carbocycles. The van der Waals surface area contributed by atoms with Crippen LogP contribution in [-0.4, -0.2) is 14.2 Å². The van der Waals surface area contributed by atoms with E-state index in [1.807, 2.05) is 36.4 Å². The zero-order chi connectivity index (χ0) is 14.5. The van der Waals surface area contributed by atoms with Crippen LogP contribution < -0.4 is 9.47 Å². The molecule has 0 radical (unpaired) electrons. The number of ether oxygens (including phenoxy) is 2. The van der Waals surface area contributed by atoms with Crippen molar-refractivity contribution in [1.82, 2.24) is 0 Å². The van der Waals surface area contributed by atoms with Crippen molar-refractivity contribution in [2.24, 2.45) is 0 Å². The van der Waals surface area contributed by atoms with Crippen molar-refractivity contribution in [3.63, 3.8) is 0 Å². The second kappa shape index (κ2) is 6.69. The van der Waals surface area contributed by atoms with Gasteiger partial charge in [0.15, 0.2) is 0 Å². The highest BCUT2D eigenvalue weighted by Gasteiger charge is 2.03. The predicted octanol–water partition coefficient (Wildman–Crippen LogP) is 5.18. The first-order valence-corrected chi connectivity index (χ1v) is 6.75. The number of rotatable bonds is 4. The first-order valence-electron chi connectivity index (χ1n) is 5.99. The molecule has 0 aliphatic heterocycles. The summed E-state index contributed by atoms with van der Waals surface area (Å²) >= 11 is 12.3. The maximum Gasteiger partial charge on any atom is 0.123 e. The van der Waals surface area contributed by atoms with Crippen LogP contribution in [0.15, 0.2) is 36.4 Å². The van der Waals surface area contributed by atoms with Gasteiger partial charge in [-0.3, -0.25) is 0 Å². The van der Waals surface area contributed by atoms with Gasteiger partial charge in [0.05, 0.1) is 14.2 Å². The Morgan fingerprint density at radius 3 is 1.90 bits per heavy atom. The Morgan fingerprint density at radius 2 is 1.40 bits per heavy atom. The molecular weight excluding hydrogens is 295 g/mol. The van der Waals surface area contributed by atoms with E-state index < -0.39 is 0 Å². The van der Waals surface area contributed by atoms with Crippen LogP contribution in [0.3, 0.4) is 0 Å². The lowest BCUT2D eigenvalue weighted by molar-refractivity contribution is 0.394. The maximum absolute atomic E-state index is 6.13. The Kier molecular flexibility index (Phi) is 4.94. The van der Waals surface area contributed by atoms with Crippen molar-refractivity contribution in [2.75, 3.05) is 14.2 Å². The van der Waals surface area contributed by atoms with E-state index in [4.69, 9.17) is 32.7 Å². The monoisotopic (exact) mass is 308 g/mol. The summed E-state index contributed by atoms with van der Waals surface area (Å²) in [4.78, 5) is 0. The molecule has 0 amide bonds. The lowest BCUT2D eigenvalue weighted by Gasteiger charge is -2.06. The summed E-state index contributed by atoms with van der Waals surface area (Å²) in [6.07, 6.45) is 3.79. The summed E-state index contributed by atoms with van der Waals surface area (Å²) in [5, 5.41) is 1.23. The van der Waals surface area contributed by atoms with Gasteiger partial charge in [-0.15, -0.1) is 0 Å². The molecule has 20 heavy (non-hydrogen) atoms. The van der Waals surface area contributed by atoms with E-state index in [1.54, 1.807) is 26.4 Å². The van der Waals surface area contributed by atoms with E-state index >= 15 is 0 Å².